The molecule has 20 heavy (non-hydrogen) atoms. The Morgan fingerprint density at radius 2 is 2.00 bits per heavy atom. The standard InChI is InChI=1S/C15H20ClN3O/c1-19(12-6-9-2-3-10(7-12)18-9)11-4-5-13(15(17)20)14(16)8-11/h4-5,8-10,12,18H,2-3,6-7H2,1H3,(H2,17,20). The lowest BCUT2D eigenvalue weighted by molar-refractivity contribution is 0.100. The summed E-state index contributed by atoms with van der Waals surface area (Å²) in [6.45, 7) is 0. The number of anilines is 1. The molecule has 0 aliphatic carbocycles. The van der Waals surface area contributed by atoms with Crippen molar-refractivity contribution < 1.29 is 4.79 Å². The maximum atomic E-state index is 11.2. The summed E-state index contributed by atoms with van der Waals surface area (Å²) in [4.78, 5) is 13.5. The minimum atomic E-state index is -0.482. The van der Waals surface area contributed by atoms with Gasteiger partial charge < -0.3 is 16.0 Å². The molecule has 1 aromatic rings. The molecule has 2 aliphatic rings. The summed E-state index contributed by atoms with van der Waals surface area (Å²) < 4.78 is 0. The highest BCUT2D eigenvalue weighted by molar-refractivity contribution is 6.34. The minimum Gasteiger partial charge on any atom is -0.371 e. The Morgan fingerprint density at radius 3 is 2.55 bits per heavy atom. The zero-order valence-electron chi connectivity index (χ0n) is 11.6. The number of nitrogens with one attached hydrogen (secondary N) is 1. The van der Waals surface area contributed by atoms with Gasteiger partial charge in [-0.2, -0.15) is 0 Å². The van der Waals surface area contributed by atoms with Gasteiger partial charge in [-0.25, -0.2) is 0 Å². The molecule has 2 atom stereocenters. The fourth-order valence-corrected chi connectivity index (χ4v) is 3.75. The average molecular weight is 294 g/mol. The molecule has 1 aromatic carbocycles. The first-order valence-corrected chi connectivity index (χ1v) is 7.50. The summed E-state index contributed by atoms with van der Waals surface area (Å²) in [6, 6.07) is 7.32. The Bertz CT molecular complexity index is 522. The molecule has 5 heteroatoms. The number of halogens is 1. The van der Waals surface area contributed by atoms with E-state index >= 15 is 0 Å². The molecule has 3 rings (SSSR count). The van der Waals surface area contributed by atoms with Crippen molar-refractivity contribution in [1.82, 2.24) is 5.32 Å². The quantitative estimate of drug-likeness (QED) is 0.898. The van der Waals surface area contributed by atoms with E-state index in [0.717, 1.165) is 5.69 Å². The molecule has 4 nitrogen and oxygen atoms in total. The average Bonchev–Trinajstić information content (AvgIpc) is 2.76. The van der Waals surface area contributed by atoms with Gasteiger partial charge in [0.2, 0.25) is 5.91 Å². The van der Waals surface area contributed by atoms with Crippen molar-refractivity contribution in [2.24, 2.45) is 5.73 Å². The van der Waals surface area contributed by atoms with Gasteiger partial charge >= 0.3 is 0 Å². The van der Waals surface area contributed by atoms with Gasteiger partial charge in [0.15, 0.2) is 0 Å². The van der Waals surface area contributed by atoms with Crippen molar-refractivity contribution in [1.29, 1.82) is 0 Å². The zero-order valence-corrected chi connectivity index (χ0v) is 12.4. The van der Waals surface area contributed by atoms with E-state index in [-0.39, 0.29) is 0 Å². The van der Waals surface area contributed by atoms with Gasteiger partial charge in [0.1, 0.15) is 0 Å². The van der Waals surface area contributed by atoms with E-state index in [9.17, 15) is 4.79 Å². The van der Waals surface area contributed by atoms with E-state index in [1.807, 2.05) is 12.1 Å². The van der Waals surface area contributed by atoms with Crippen LogP contribution < -0.4 is 16.0 Å². The molecular formula is C15H20ClN3O. The molecule has 2 saturated heterocycles. The number of rotatable bonds is 3. The topological polar surface area (TPSA) is 58.4 Å². The number of carbonyl (C=O) groups is 1. The Kier molecular flexibility index (Phi) is 3.61. The minimum absolute atomic E-state index is 0.384. The number of carbonyl (C=O) groups excluding carboxylic acids is 1. The summed E-state index contributed by atoms with van der Waals surface area (Å²) in [6.07, 6.45) is 4.91. The number of amides is 1. The number of hydrogen-bond donors (Lipinski definition) is 2. The Balaban J connectivity index is 1.78. The predicted octanol–water partition coefficient (Wildman–Crippen LogP) is 2.16. The van der Waals surface area contributed by atoms with Gasteiger partial charge in [0.25, 0.3) is 0 Å². The third kappa shape index (κ3) is 2.50. The fraction of sp³-hybridized carbons (Fsp3) is 0.533. The first-order chi connectivity index (χ1) is 9.54. The number of nitrogens with two attached hydrogens (primary N) is 1. The molecule has 0 aromatic heterocycles. The molecule has 0 radical (unpaired) electrons. The van der Waals surface area contributed by atoms with Crippen LogP contribution in [-0.2, 0) is 0 Å². The molecule has 0 spiro atoms. The van der Waals surface area contributed by atoms with Crippen molar-refractivity contribution in [2.45, 2.75) is 43.8 Å². The van der Waals surface area contributed by atoms with Crippen molar-refractivity contribution >= 4 is 23.2 Å². The molecule has 108 valence electrons. The molecule has 2 aliphatic heterocycles. The molecule has 2 fully saturated rings. The van der Waals surface area contributed by atoms with E-state index in [2.05, 4.69) is 17.3 Å². The second kappa shape index (κ2) is 5.26. The maximum Gasteiger partial charge on any atom is 0.250 e. The van der Waals surface area contributed by atoms with Gasteiger partial charge in [-0.3, -0.25) is 4.79 Å². The van der Waals surface area contributed by atoms with Crippen LogP contribution in [0.3, 0.4) is 0 Å². The Labute approximate surface area is 124 Å². The number of benzene rings is 1. The van der Waals surface area contributed by atoms with Gasteiger partial charge in [-0.05, 0) is 43.9 Å². The normalized spacial score (nSPS) is 28.4. The number of nitrogens with zero attached hydrogens (tertiary/aromatic N) is 1. The Hall–Kier alpha value is -1.26. The lowest BCUT2D eigenvalue weighted by Crippen LogP contribution is -2.47. The van der Waals surface area contributed by atoms with Crippen LogP contribution in [0.25, 0.3) is 0 Å². The summed E-state index contributed by atoms with van der Waals surface area (Å²) in [5, 5.41) is 4.08. The van der Waals surface area contributed by atoms with Crippen molar-refractivity contribution in [3.8, 4) is 0 Å². The van der Waals surface area contributed by atoms with Gasteiger partial charge in [-0.1, -0.05) is 11.6 Å². The van der Waals surface area contributed by atoms with E-state index < -0.39 is 5.91 Å². The van der Waals surface area contributed by atoms with Crippen LogP contribution in [0, 0.1) is 0 Å². The zero-order chi connectivity index (χ0) is 14.3. The van der Waals surface area contributed by atoms with E-state index in [1.165, 1.54) is 25.7 Å². The van der Waals surface area contributed by atoms with Crippen LogP contribution in [0.15, 0.2) is 18.2 Å². The summed E-state index contributed by atoms with van der Waals surface area (Å²) in [5.41, 5.74) is 6.71. The molecular weight excluding hydrogens is 274 g/mol. The van der Waals surface area contributed by atoms with Crippen molar-refractivity contribution in [3.63, 3.8) is 0 Å². The van der Waals surface area contributed by atoms with E-state index in [1.54, 1.807) is 6.07 Å². The lowest BCUT2D eigenvalue weighted by atomic mass is 9.98. The fourth-order valence-electron chi connectivity index (χ4n) is 3.48. The van der Waals surface area contributed by atoms with Crippen LogP contribution in [-0.4, -0.2) is 31.1 Å². The molecule has 2 heterocycles. The lowest BCUT2D eigenvalue weighted by Gasteiger charge is -2.37. The Morgan fingerprint density at radius 1 is 1.35 bits per heavy atom. The van der Waals surface area contributed by atoms with Crippen LogP contribution in [0.5, 0.6) is 0 Å². The summed E-state index contributed by atoms with van der Waals surface area (Å²) in [7, 11) is 2.10. The monoisotopic (exact) mass is 293 g/mol. The van der Waals surface area contributed by atoms with Crippen LogP contribution in [0.4, 0.5) is 5.69 Å². The summed E-state index contributed by atoms with van der Waals surface area (Å²) >= 11 is 6.14. The first kappa shape index (κ1) is 13.7. The molecule has 0 saturated carbocycles. The van der Waals surface area contributed by atoms with Crippen molar-refractivity contribution in [3.05, 3.63) is 28.8 Å². The number of hydrogen-bond acceptors (Lipinski definition) is 3. The first-order valence-electron chi connectivity index (χ1n) is 7.13. The molecule has 3 N–H and O–H groups in total. The third-order valence-electron chi connectivity index (χ3n) is 4.62. The van der Waals surface area contributed by atoms with Crippen molar-refractivity contribution in [2.75, 3.05) is 11.9 Å². The molecule has 2 bridgehead atoms. The third-order valence-corrected chi connectivity index (χ3v) is 4.93. The van der Waals surface area contributed by atoms with E-state index in [0.29, 0.717) is 28.7 Å². The number of piperidine rings is 1. The predicted molar refractivity (Wildman–Crippen MR) is 81.3 cm³/mol. The largest absolute Gasteiger partial charge is 0.371 e. The smallest absolute Gasteiger partial charge is 0.250 e. The van der Waals surface area contributed by atoms with Gasteiger partial charge in [0, 0.05) is 30.9 Å². The van der Waals surface area contributed by atoms with Crippen LogP contribution >= 0.6 is 11.6 Å². The number of fused-ring (bicyclic) bond motifs is 2. The molecule has 1 amide bonds. The SMILES string of the molecule is CN(c1ccc(C(N)=O)c(Cl)c1)C1CC2CCC(C1)N2. The van der Waals surface area contributed by atoms with Crippen LogP contribution in [0.2, 0.25) is 5.02 Å². The maximum absolute atomic E-state index is 11.2. The van der Waals surface area contributed by atoms with Gasteiger partial charge in [0.05, 0.1) is 10.6 Å². The molecule has 2 unspecified atom stereocenters. The van der Waals surface area contributed by atoms with Gasteiger partial charge in [-0.15, -0.1) is 0 Å². The highest BCUT2D eigenvalue weighted by Crippen LogP contribution is 2.32. The number of primary amides is 1. The second-order valence-electron chi connectivity index (χ2n) is 5.90. The second-order valence-corrected chi connectivity index (χ2v) is 6.31. The highest BCUT2D eigenvalue weighted by atomic mass is 35.5. The highest BCUT2D eigenvalue weighted by Gasteiger charge is 2.35. The van der Waals surface area contributed by atoms with E-state index in [4.69, 9.17) is 17.3 Å². The van der Waals surface area contributed by atoms with Crippen LogP contribution in [0.1, 0.15) is 36.0 Å². The summed E-state index contributed by atoms with van der Waals surface area (Å²) in [5.74, 6) is -0.482.